The van der Waals surface area contributed by atoms with Crippen molar-refractivity contribution in [2.45, 2.75) is 24.2 Å². The van der Waals surface area contributed by atoms with Crippen LogP contribution in [0, 0.1) is 49.7 Å². The van der Waals surface area contributed by atoms with E-state index in [2.05, 4.69) is 30.1 Å². The second kappa shape index (κ2) is 11.6. The Morgan fingerprint density at radius 3 is 1.92 bits per heavy atom. The third kappa shape index (κ3) is 8.76. The minimum absolute atomic E-state index is 0.0139. The molecule has 0 N–H and O–H groups in total. The van der Waals surface area contributed by atoms with E-state index in [0.717, 1.165) is 22.6 Å². The second-order valence-electron chi connectivity index (χ2n) is 4.15. The first-order valence-corrected chi connectivity index (χ1v) is 9.98. The minimum atomic E-state index is -3.14. The summed E-state index contributed by atoms with van der Waals surface area (Å²) in [4.78, 5) is 5.83. The van der Waals surface area contributed by atoms with Crippen LogP contribution in [0.1, 0.15) is 21.1 Å². The van der Waals surface area contributed by atoms with Crippen LogP contribution in [0.25, 0.3) is 9.69 Å². The van der Waals surface area contributed by atoms with Crippen molar-refractivity contribution in [3.05, 3.63) is 37.9 Å². The molecule has 0 aliphatic rings. The van der Waals surface area contributed by atoms with Gasteiger partial charge in [0.05, 0.1) is 0 Å². The Morgan fingerprint density at radius 2 is 1.69 bits per heavy atom. The van der Waals surface area contributed by atoms with E-state index in [9.17, 15) is 8.42 Å². The summed E-state index contributed by atoms with van der Waals surface area (Å²) >= 11 is 2.37. The van der Waals surface area contributed by atoms with E-state index in [1.54, 1.807) is 19.9 Å². The molecule has 2 aromatic heterocycles. The second-order valence-corrected chi connectivity index (χ2v) is 8.74. The summed E-state index contributed by atoms with van der Waals surface area (Å²) in [5.41, 5.74) is 0. The summed E-state index contributed by atoms with van der Waals surface area (Å²) in [5.74, 6) is 0. The van der Waals surface area contributed by atoms with Crippen molar-refractivity contribution in [2.75, 3.05) is 12.8 Å². The Bertz CT molecular complexity index is 956. The van der Waals surface area contributed by atoms with Gasteiger partial charge in [0.2, 0.25) is 19.2 Å². The molecular formula is C13H12N8O2S3. The number of hydrogen-bond donors (Lipinski definition) is 0. The number of aryl methyl sites for hydroxylation is 2. The van der Waals surface area contributed by atoms with Crippen LogP contribution in [0.3, 0.4) is 0 Å². The number of sulfone groups is 1. The lowest BCUT2D eigenvalue weighted by Gasteiger charge is -1.83. The third-order valence-electron chi connectivity index (χ3n) is 2.00. The van der Waals surface area contributed by atoms with Gasteiger partial charge in [-0.25, -0.2) is 21.6 Å². The standard InChI is InChI=1S/C6H4N4S.C4H6N2O2S2.C3H2N2/c1-4-9-10-6(11-4)5(3-7)8-2;1-3-5-6-4(9-3)10(2,7)8;1-5-3-2-4/h5H,1H3;1-2H3;3H2. The number of nitriles is 2. The molecular weight excluding hydrogens is 396 g/mol. The molecule has 0 spiro atoms. The molecule has 26 heavy (non-hydrogen) atoms. The van der Waals surface area contributed by atoms with Gasteiger partial charge in [0.1, 0.15) is 16.1 Å². The molecule has 134 valence electrons. The maximum absolute atomic E-state index is 10.8. The van der Waals surface area contributed by atoms with Crippen molar-refractivity contribution in [1.82, 2.24) is 20.4 Å². The maximum atomic E-state index is 10.8. The zero-order chi connectivity index (χ0) is 20.2. The van der Waals surface area contributed by atoms with E-state index in [1.807, 2.05) is 6.07 Å². The van der Waals surface area contributed by atoms with Gasteiger partial charge in [0.25, 0.3) is 6.54 Å². The van der Waals surface area contributed by atoms with Crippen LogP contribution in [-0.2, 0) is 9.84 Å². The quantitative estimate of drug-likeness (QED) is 0.542. The average molecular weight is 408 g/mol. The summed E-state index contributed by atoms with van der Waals surface area (Å²) in [6.45, 7) is 16.1. The van der Waals surface area contributed by atoms with Crippen molar-refractivity contribution in [3.63, 3.8) is 0 Å². The highest BCUT2D eigenvalue weighted by molar-refractivity contribution is 7.92. The molecule has 0 aliphatic carbocycles. The van der Waals surface area contributed by atoms with Gasteiger partial charge in [-0.3, -0.25) is 4.85 Å². The predicted molar refractivity (Wildman–Crippen MR) is 94.4 cm³/mol. The van der Waals surface area contributed by atoms with Crippen LogP contribution in [0.15, 0.2) is 4.34 Å². The van der Waals surface area contributed by atoms with Crippen LogP contribution >= 0.6 is 22.7 Å². The van der Waals surface area contributed by atoms with Crippen molar-refractivity contribution in [1.29, 1.82) is 10.5 Å². The summed E-state index contributed by atoms with van der Waals surface area (Å²) in [7, 11) is -3.14. The molecule has 0 fully saturated rings. The Kier molecular flexibility index (Phi) is 10.2. The lowest BCUT2D eigenvalue weighted by Crippen LogP contribution is -1.95. The molecule has 2 aromatic rings. The topological polar surface area (TPSA) is 142 Å². The molecule has 13 heteroatoms. The fraction of sp³-hybridized carbons (Fsp3) is 0.385. The fourth-order valence-corrected chi connectivity index (χ4v) is 3.28. The van der Waals surface area contributed by atoms with Gasteiger partial charge in [-0.1, -0.05) is 22.7 Å². The number of hydrogen-bond acceptors (Lipinski definition) is 10. The highest BCUT2D eigenvalue weighted by atomic mass is 32.2. The highest BCUT2D eigenvalue weighted by Gasteiger charge is 2.18. The molecule has 10 nitrogen and oxygen atoms in total. The SMILES string of the molecule is Cc1nnc(S(C)(=O)=O)s1.[C-]#[N+]C(C#N)c1nnc(C)s1.[C-]#[N+]CC#N. The minimum Gasteiger partial charge on any atom is -0.301 e. The maximum Gasteiger partial charge on any atom is 0.359 e. The molecule has 0 radical (unpaired) electrons. The van der Waals surface area contributed by atoms with Crippen LogP contribution < -0.4 is 0 Å². The molecule has 1 atom stereocenters. The van der Waals surface area contributed by atoms with Crippen molar-refractivity contribution < 1.29 is 8.42 Å². The van der Waals surface area contributed by atoms with Crippen molar-refractivity contribution >= 4 is 32.5 Å². The smallest absolute Gasteiger partial charge is 0.301 e. The molecule has 0 saturated carbocycles. The van der Waals surface area contributed by atoms with Crippen LogP contribution in [0.2, 0.25) is 0 Å². The Balaban J connectivity index is 0.000000387. The van der Waals surface area contributed by atoms with Crippen LogP contribution in [0.4, 0.5) is 0 Å². The van der Waals surface area contributed by atoms with E-state index in [-0.39, 0.29) is 10.9 Å². The van der Waals surface area contributed by atoms with E-state index >= 15 is 0 Å². The fourth-order valence-electron chi connectivity index (χ4n) is 1.03. The Labute approximate surface area is 158 Å². The third-order valence-corrected chi connectivity index (χ3v) is 5.40. The summed E-state index contributed by atoms with van der Waals surface area (Å²) in [6.07, 6.45) is 1.12. The Hall–Kier alpha value is -2.97. The first-order valence-electron chi connectivity index (χ1n) is 6.46. The van der Waals surface area contributed by atoms with Gasteiger partial charge in [0.15, 0.2) is 6.07 Å². The summed E-state index contributed by atoms with van der Waals surface area (Å²) in [6, 6.07) is 2.72. The predicted octanol–water partition coefficient (Wildman–Crippen LogP) is 2.01. The van der Waals surface area contributed by atoms with Gasteiger partial charge in [-0.2, -0.15) is 10.5 Å². The molecule has 0 saturated heterocycles. The van der Waals surface area contributed by atoms with E-state index in [4.69, 9.17) is 23.7 Å². The largest absolute Gasteiger partial charge is 0.359 e. The molecule has 0 bridgehead atoms. The molecule has 2 rings (SSSR count). The van der Waals surface area contributed by atoms with Gasteiger partial charge in [-0.15, -0.1) is 20.4 Å². The van der Waals surface area contributed by atoms with Crippen LogP contribution in [0.5, 0.6) is 0 Å². The molecule has 0 aromatic carbocycles. The Morgan fingerprint density at radius 1 is 1.12 bits per heavy atom. The number of aromatic nitrogens is 4. The molecule has 2 heterocycles. The first-order chi connectivity index (χ1) is 12.2. The van der Waals surface area contributed by atoms with Gasteiger partial charge in [-0.05, 0) is 13.8 Å². The number of rotatable bonds is 2. The van der Waals surface area contributed by atoms with E-state index in [1.165, 1.54) is 11.3 Å². The summed E-state index contributed by atoms with van der Waals surface area (Å²) < 4.78 is 21.6. The monoisotopic (exact) mass is 408 g/mol. The van der Waals surface area contributed by atoms with Crippen molar-refractivity contribution in [2.24, 2.45) is 0 Å². The summed E-state index contributed by atoms with van der Waals surface area (Å²) in [5, 5.41) is 32.4. The average Bonchev–Trinajstić information content (AvgIpc) is 3.19. The first kappa shape index (κ1) is 23.0. The molecule has 0 aliphatic heterocycles. The van der Waals surface area contributed by atoms with E-state index < -0.39 is 15.9 Å². The van der Waals surface area contributed by atoms with Crippen LogP contribution in [-0.4, -0.2) is 41.6 Å². The normalized spacial score (nSPS) is 10.3. The lowest BCUT2D eigenvalue weighted by molar-refractivity contribution is 0.600. The zero-order valence-corrected chi connectivity index (χ0v) is 16.4. The van der Waals surface area contributed by atoms with E-state index in [0.29, 0.717) is 10.0 Å². The van der Waals surface area contributed by atoms with Gasteiger partial charge in [0, 0.05) is 6.26 Å². The molecule has 0 amide bonds. The highest BCUT2D eigenvalue weighted by Crippen LogP contribution is 2.19. The van der Waals surface area contributed by atoms with Crippen molar-refractivity contribution in [3.8, 4) is 12.1 Å². The number of nitrogens with zero attached hydrogens (tertiary/aromatic N) is 8. The van der Waals surface area contributed by atoms with Gasteiger partial charge >= 0.3 is 6.04 Å². The zero-order valence-electron chi connectivity index (χ0n) is 13.9. The molecule has 1 unspecified atom stereocenters. The lowest BCUT2D eigenvalue weighted by atomic mass is 10.4. The van der Waals surface area contributed by atoms with Gasteiger partial charge < -0.3 is 4.85 Å².